The molecule has 1 aliphatic rings. The van der Waals surface area contributed by atoms with E-state index in [-0.39, 0.29) is 11.7 Å². The summed E-state index contributed by atoms with van der Waals surface area (Å²) in [6.07, 6.45) is 6.45. The van der Waals surface area contributed by atoms with Crippen LogP contribution in [0.2, 0.25) is 0 Å². The molecule has 0 radical (unpaired) electrons. The maximum atomic E-state index is 11.4. The van der Waals surface area contributed by atoms with Gasteiger partial charge in [0.05, 0.1) is 12.4 Å². The zero-order valence-corrected chi connectivity index (χ0v) is 12.9. The fourth-order valence-electron chi connectivity index (χ4n) is 3.22. The van der Waals surface area contributed by atoms with Gasteiger partial charge in [-0.05, 0) is 26.2 Å². The molecular weight excluding hydrogens is 296 g/mol. The zero-order chi connectivity index (χ0) is 15.8. The number of fused-ring (bicyclic) bond motifs is 1. The Morgan fingerprint density at radius 1 is 1.30 bits per heavy atom. The lowest BCUT2D eigenvalue weighted by molar-refractivity contribution is 0.454. The molecule has 0 saturated carbocycles. The van der Waals surface area contributed by atoms with Crippen LogP contribution in [-0.4, -0.2) is 41.2 Å². The SMILES string of the molecule is CCn1cnc2c(N3CCCC[C@H]3c3n[nH]c(=O)[nH]3)ncnc21. The van der Waals surface area contributed by atoms with Gasteiger partial charge < -0.3 is 9.47 Å². The number of aryl methyl sites for hydroxylation is 1. The second kappa shape index (κ2) is 5.49. The second-order valence-electron chi connectivity index (χ2n) is 5.67. The summed E-state index contributed by atoms with van der Waals surface area (Å²) >= 11 is 0. The molecule has 1 saturated heterocycles. The van der Waals surface area contributed by atoms with Gasteiger partial charge in [-0.2, -0.15) is 5.10 Å². The first-order valence-corrected chi connectivity index (χ1v) is 7.85. The third-order valence-corrected chi connectivity index (χ3v) is 4.33. The molecule has 0 aliphatic carbocycles. The summed E-state index contributed by atoms with van der Waals surface area (Å²) in [7, 11) is 0. The minimum absolute atomic E-state index is 0.00687. The number of nitrogens with one attached hydrogen (secondary N) is 2. The van der Waals surface area contributed by atoms with Crippen LogP contribution in [0, 0.1) is 0 Å². The molecule has 1 fully saturated rings. The van der Waals surface area contributed by atoms with Crippen LogP contribution in [0.25, 0.3) is 11.2 Å². The van der Waals surface area contributed by atoms with Crippen molar-refractivity contribution in [3.05, 3.63) is 29.0 Å². The van der Waals surface area contributed by atoms with Crippen molar-refractivity contribution in [2.75, 3.05) is 11.4 Å². The summed E-state index contributed by atoms with van der Waals surface area (Å²) in [6, 6.07) is -0.00687. The molecule has 0 amide bonds. The van der Waals surface area contributed by atoms with Gasteiger partial charge in [0.1, 0.15) is 6.33 Å². The van der Waals surface area contributed by atoms with Crippen molar-refractivity contribution in [3.63, 3.8) is 0 Å². The van der Waals surface area contributed by atoms with E-state index >= 15 is 0 Å². The molecule has 0 unspecified atom stereocenters. The predicted octanol–water partition coefficient (Wildman–Crippen LogP) is 0.989. The minimum atomic E-state index is -0.284. The van der Waals surface area contributed by atoms with Gasteiger partial charge in [-0.25, -0.2) is 24.8 Å². The number of hydrogen-bond donors (Lipinski definition) is 2. The van der Waals surface area contributed by atoms with Crippen LogP contribution in [0.4, 0.5) is 5.82 Å². The van der Waals surface area contributed by atoms with Crippen LogP contribution in [0.1, 0.15) is 38.1 Å². The number of nitrogens with zero attached hydrogens (tertiary/aromatic N) is 6. The number of H-pyrrole nitrogens is 2. The van der Waals surface area contributed by atoms with Gasteiger partial charge in [0, 0.05) is 13.1 Å². The van der Waals surface area contributed by atoms with Crippen molar-refractivity contribution >= 4 is 17.0 Å². The summed E-state index contributed by atoms with van der Waals surface area (Å²) in [5, 5.41) is 6.56. The molecule has 1 aliphatic heterocycles. The number of hydrogen-bond acceptors (Lipinski definition) is 6. The summed E-state index contributed by atoms with van der Waals surface area (Å²) in [5.74, 6) is 1.45. The summed E-state index contributed by atoms with van der Waals surface area (Å²) in [6.45, 7) is 3.72. The third-order valence-electron chi connectivity index (χ3n) is 4.33. The molecule has 2 N–H and O–H groups in total. The Labute approximate surface area is 131 Å². The molecule has 1 atom stereocenters. The number of aromatic nitrogens is 7. The number of imidazole rings is 1. The van der Waals surface area contributed by atoms with Crippen LogP contribution in [0.15, 0.2) is 17.4 Å². The molecule has 0 aromatic carbocycles. The van der Waals surface area contributed by atoms with Crippen LogP contribution >= 0.6 is 0 Å². The topological polar surface area (TPSA) is 108 Å². The molecule has 4 rings (SSSR count). The van der Waals surface area contributed by atoms with E-state index in [0.717, 1.165) is 49.3 Å². The lowest BCUT2D eigenvalue weighted by atomic mass is 10.0. The van der Waals surface area contributed by atoms with E-state index in [1.165, 1.54) is 0 Å². The van der Waals surface area contributed by atoms with E-state index < -0.39 is 0 Å². The monoisotopic (exact) mass is 314 g/mol. The molecule has 4 heterocycles. The van der Waals surface area contributed by atoms with Gasteiger partial charge in [0.25, 0.3) is 0 Å². The third kappa shape index (κ3) is 2.28. The average Bonchev–Trinajstić information content (AvgIpc) is 3.20. The van der Waals surface area contributed by atoms with Gasteiger partial charge in [-0.15, -0.1) is 0 Å². The normalized spacial score (nSPS) is 18.7. The molecule has 23 heavy (non-hydrogen) atoms. The van der Waals surface area contributed by atoms with Gasteiger partial charge in [0.15, 0.2) is 22.8 Å². The summed E-state index contributed by atoms with van der Waals surface area (Å²) in [5.41, 5.74) is 1.34. The highest BCUT2D eigenvalue weighted by atomic mass is 16.1. The van der Waals surface area contributed by atoms with E-state index in [2.05, 4.69) is 42.0 Å². The minimum Gasteiger partial charge on any atom is -0.344 e. The fourth-order valence-corrected chi connectivity index (χ4v) is 3.22. The Morgan fingerprint density at radius 2 is 2.22 bits per heavy atom. The van der Waals surface area contributed by atoms with Crippen LogP contribution in [-0.2, 0) is 6.54 Å². The van der Waals surface area contributed by atoms with Crippen LogP contribution < -0.4 is 10.6 Å². The first-order chi connectivity index (χ1) is 11.3. The Hall–Kier alpha value is -2.71. The predicted molar refractivity (Wildman–Crippen MR) is 84.1 cm³/mol. The zero-order valence-electron chi connectivity index (χ0n) is 12.9. The standard InChI is InChI=1S/C14H18N8O/c1-2-21-8-17-10-12(21)15-7-16-13(10)22-6-4-3-5-9(22)11-18-14(23)20-19-11/h7-9H,2-6H2,1H3,(H2,18,19,20,23)/t9-/m0/s1. The quantitative estimate of drug-likeness (QED) is 0.746. The van der Waals surface area contributed by atoms with Crippen molar-refractivity contribution in [1.29, 1.82) is 0 Å². The highest BCUT2D eigenvalue weighted by Gasteiger charge is 2.29. The first kappa shape index (κ1) is 13.9. The first-order valence-electron chi connectivity index (χ1n) is 7.85. The lowest BCUT2D eigenvalue weighted by Crippen LogP contribution is -2.35. The summed E-state index contributed by atoms with van der Waals surface area (Å²) < 4.78 is 2.00. The Morgan fingerprint density at radius 3 is 3.00 bits per heavy atom. The van der Waals surface area contributed by atoms with Crippen molar-refractivity contribution < 1.29 is 0 Å². The van der Waals surface area contributed by atoms with E-state index in [1.54, 1.807) is 12.7 Å². The van der Waals surface area contributed by atoms with Crippen molar-refractivity contribution in [3.8, 4) is 0 Å². The Bertz CT molecular complexity index is 878. The van der Waals surface area contributed by atoms with Crippen molar-refractivity contribution in [2.24, 2.45) is 0 Å². The highest BCUT2D eigenvalue weighted by molar-refractivity contribution is 5.83. The number of aromatic amines is 2. The molecule has 0 spiro atoms. The molecule has 3 aromatic rings. The van der Waals surface area contributed by atoms with Crippen molar-refractivity contribution in [2.45, 2.75) is 38.8 Å². The maximum Gasteiger partial charge on any atom is 0.340 e. The fraction of sp³-hybridized carbons (Fsp3) is 0.500. The maximum absolute atomic E-state index is 11.4. The van der Waals surface area contributed by atoms with E-state index in [0.29, 0.717) is 5.82 Å². The second-order valence-corrected chi connectivity index (χ2v) is 5.67. The molecule has 0 bridgehead atoms. The van der Waals surface area contributed by atoms with E-state index in [9.17, 15) is 4.79 Å². The van der Waals surface area contributed by atoms with Gasteiger partial charge in [-0.1, -0.05) is 0 Å². The molecular formula is C14H18N8O. The smallest absolute Gasteiger partial charge is 0.340 e. The van der Waals surface area contributed by atoms with Crippen LogP contribution in [0.5, 0.6) is 0 Å². The molecule has 120 valence electrons. The number of rotatable bonds is 3. The van der Waals surface area contributed by atoms with Gasteiger partial charge in [-0.3, -0.25) is 4.98 Å². The van der Waals surface area contributed by atoms with E-state index in [4.69, 9.17) is 0 Å². The Kier molecular flexibility index (Phi) is 3.32. The molecule has 3 aromatic heterocycles. The highest BCUT2D eigenvalue weighted by Crippen LogP contribution is 2.34. The molecule has 9 nitrogen and oxygen atoms in total. The van der Waals surface area contributed by atoms with E-state index in [1.807, 2.05) is 4.57 Å². The number of anilines is 1. The van der Waals surface area contributed by atoms with Gasteiger partial charge in [0.2, 0.25) is 0 Å². The largest absolute Gasteiger partial charge is 0.344 e. The molecule has 9 heteroatoms. The summed E-state index contributed by atoms with van der Waals surface area (Å²) in [4.78, 5) is 29.7. The Balaban J connectivity index is 1.81. The van der Waals surface area contributed by atoms with Gasteiger partial charge >= 0.3 is 5.69 Å². The van der Waals surface area contributed by atoms with Crippen molar-refractivity contribution in [1.82, 2.24) is 34.7 Å². The average molecular weight is 314 g/mol. The lowest BCUT2D eigenvalue weighted by Gasteiger charge is -2.35. The van der Waals surface area contributed by atoms with Crippen LogP contribution in [0.3, 0.4) is 0 Å². The number of piperidine rings is 1.